The second-order valence-corrected chi connectivity index (χ2v) is 12.8. The SMILES string of the molecule is CCCCCCn1c(=O)n2n(c1=O)C[C@]1(OC(=O)NC3CC3)CN(S(=O)(=O)c3ccc(C)cc3)C[C@]1(O)C2. The molecule has 5 rings (SSSR count). The van der Waals surface area contributed by atoms with Crippen LogP contribution in [0.5, 0.6) is 0 Å². The number of rotatable bonds is 9. The minimum atomic E-state index is -4.07. The van der Waals surface area contributed by atoms with E-state index in [0.29, 0.717) is 6.42 Å². The van der Waals surface area contributed by atoms with E-state index in [9.17, 15) is 27.9 Å². The molecule has 208 valence electrons. The van der Waals surface area contributed by atoms with Gasteiger partial charge >= 0.3 is 17.5 Å². The zero-order chi connectivity index (χ0) is 27.3. The van der Waals surface area contributed by atoms with Crippen molar-refractivity contribution < 1.29 is 23.1 Å². The number of β-amino-alcohol motifs (C(OH)–C–C–N with tert-alkyl or cyclic N) is 1. The third kappa shape index (κ3) is 4.60. The van der Waals surface area contributed by atoms with Gasteiger partial charge in [-0.15, -0.1) is 0 Å². The van der Waals surface area contributed by atoms with E-state index in [1.165, 1.54) is 16.8 Å². The molecule has 2 N–H and O–H groups in total. The highest BCUT2D eigenvalue weighted by atomic mass is 32.2. The van der Waals surface area contributed by atoms with Gasteiger partial charge in [-0.1, -0.05) is 43.9 Å². The number of hydrogen-bond acceptors (Lipinski definition) is 7. The van der Waals surface area contributed by atoms with Gasteiger partial charge in [0.2, 0.25) is 10.0 Å². The fourth-order valence-electron chi connectivity index (χ4n) is 5.36. The number of hydrogen-bond donors (Lipinski definition) is 2. The number of nitrogens with one attached hydrogen (secondary N) is 1. The number of unbranched alkanes of at least 4 members (excludes halogenated alkanes) is 3. The van der Waals surface area contributed by atoms with Gasteiger partial charge in [-0.05, 0) is 38.3 Å². The number of benzene rings is 1. The summed E-state index contributed by atoms with van der Waals surface area (Å²) in [4.78, 5) is 39.3. The van der Waals surface area contributed by atoms with Gasteiger partial charge in [0.05, 0.1) is 24.5 Å². The van der Waals surface area contributed by atoms with Crippen molar-refractivity contribution in [3.63, 3.8) is 0 Å². The van der Waals surface area contributed by atoms with Crippen molar-refractivity contribution in [1.29, 1.82) is 0 Å². The van der Waals surface area contributed by atoms with E-state index in [1.807, 2.05) is 6.92 Å². The lowest BCUT2D eigenvalue weighted by Gasteiger charge is -2.43. The predicted molar refractivity (Wildman–Crippen MR) is 137 cm³/mol. The molecule has 12 nitrogen and oxygen atoms in total. The van der Waals surface area contributed by atoms with E-state index < -0.39 is 45.2 Å². The van der Waals surface area contributed by atoms with E-state index in [2.05, 4.69) is 12.2 Å². The van der Waals surface area contributed by atoms with Gasteiger partial charge in [-0.3, -0.25) is 0 Å². The van der Waals surface area contributed by atoms with Gasteiger partial charge in [0.25, 0.3) is 0 Å². The minimum absolute atomic E-state index is 0.0329. The monoisotopic (exact) mass is 549 g/mol. The number of nitrogens with zero attached hydrogens (tertiary/aromatic N) is 4. The Balaban J connectivity index is 1.50. The van der Waals surface area contributed by atoms with Crippen LogP contribution in [0.1, 0.15) is 51.0 Å². The van der Waals surface area contributed by atoms with Crippen LogP contribution in [0.25, 0.3) is 0 Å². The number of carbonyl (C=O) groups excluding carboxylic acids is 1. The molecule has 1 aromatic heterocycles. The molecule has 38 heavy (non-hydrogen) atoms. The molecule has 0 bridgehead atoms. The molecule has 0 spiro atoms. The van der Waals surface area contributed by atoms with Gasteiger partial charge in [-0.2, -0.15) is 4.31 Å². The summed E-state index contributed by atoms with van der Waals surface area (Å²) in [5, 5.41) is 14.6. The lowest BCUT2D eigenvalue weighted by atomic mass is 9.84. The van der Waals surface area contributed by atoms with E-state index in [1.54, 1.807) is 12.1 Å². The van der Waals surface area contributed by atoms with Gasteiger partial charge in [-0.25, -0.2) is 36.7 Å². The van der Waals surface area contributed by atoms with Crippen molar-refractivity contribution in [2.75, 3.05) is 13.1 Å². The third-order valence-electron chi connectivity index (χ3n) is 7.81. The van der Waals surface area contributed by atoms with Gasteiger partial charge in [0.1, 0.15) is 5.60 Å². The largest absolute Gasteiger partial charge is 0.436 e. The molecule has 3 heterocycles. The van der Waals surface area contributed by atoms with Crippen LogP contribution in [0.2, 0.25) is 0 Å². The Morgan fingerprint density at radius 3 is 2.32 bits per heavy atom. The molecule has 0 unspecified atom stereocenters. The van der Waals surface area contributed by atoms with Crippen molar-refractivity contribution >= 4 is 16.1 Å². The number of amides is 1. The molecule has 1 aliphatic carbocycles. The maximum Gasteiger partial charge on any atom is 0.408 e. The predicted octanol–water partition coefficient (Wildman–Crippen LogP) is 0.777. The molecule has 2 aromatic rings. The summed E-state index contributed by atoms with van der Waals surface area (Å²) in [5.74, 6) is 0. The second-order valence-electron chi connectivity index (χ2n) is 10.8. The first-order valence-electron chi connectivity index (χ1n) is 13.2. The van der Waals surface area contributed by atoms with Gasteiger partial charge in [0, 0.05) is 19.1 Å². The van der Waals surface area contributed by atoms with Crippen LogP contribution < -0.4 is 16.7 Å². The van der Waals surface area contributed by atoms with Gasteiger partial charge < -0.3 is 15.2 Å². The Bertz CT molecular complexity index is 1440. The highest BCUT2D eigenvalue weighted by molar-refractivity contribution is 7.89. The number of aliphatic hydroxyl groups is 1. The van der Waals surface area contributed by atoms with E-state index in [4.69, 9.17) is 4.74 Å². The number of carbonyl (C=O) groups is 1. The number of fused-ring (bicyclic) bond motifs is 2. The molecule has 2 atom stereocenters. The van der Waals surface area contributed by atoms with Crippen LogP contribution >= 0.6 is 0 Å². The Kier molecular flexibility index (Phi) is 6.81. The molecule has 1 aromatic carbocycles. The number of ether oxygens (including phenoxy) is 1. The summed E-state index contributed by atoms with van der Waals surface area (Å²) < 4.78 is 37.4. The Morgan fingerprint density at radius 2 is 1.68 bits per heavy atom. The third-order valence-corrected chi connectivity index (χ3v) is 9.62. The normalized spacial score (nSPS) is 25.1. The number of sulfonamides is 1. The van der Waals surface area contributed by atoms with Gasteiger partial charge in [0.15, 0.2) is 5.60 Å². The molecule has 3 aliphatic rings. The van der Waals surface area contributed by atoms with Crippen molar-refractivity contribution in [3.05, 3.63) is 50.8 Å². The Hall–Kier alpha value is -2.90. The van der Waals surface area contributed by atoms with Crippen LogP contribution in [0, 0.1) is 6.92 Å². The smallest absolute Gasteiger partial charge is 0.408 e. The minimum Gasteiger partial charge on any atom is -0.436 e. The average molecular weight is 550 g/mol. The standard InChI is InChI=1S/C25H35N5O7S/c1-3-4-5-6-13-28-22(32)29-15-24(34)14-27(38(35,36)20-11-7-18(2)8-12-20)16-25(24,17-30(29)23(28)33)37-21(31)26-19-9-10-19/h7-8,11-12,19,34H,3-6,9-10,13-17H2,1-2H3,(H,26,31)/t24-,25+/m0/s1. The first-order chi connectivity index (χ1) is 18.0. The molecule has 0 radical (unpaired) electrons. The molecule has 1 amide bonds. The first kappa shape index (κ1) is 26.7. The number of alkyl carbamates (subject to hydrolysis) is 1. The summed E-state index contributed by atoms with van der Waals surface area (Å²) in [6.45, 7) is 2.65. The molecule has 2 aliphatic heterocycles. The summed E-state index contributed by atoms with van der Waals surface area (Å²) in [5.41, 5.74) is -3.96. The van der Waals surface area contributed by atoms with Crippen LogP contribution in [-0.2, 0) is 34.4 Å². The average Bonchev–Trinajstić information content (AvgIpc) is 3.58. The first-order valence-corrected chi connectivity index (χ1v) is 14.6. The second kappa shape index (κ2) is 9.69. The van der Waals surface area contributed by atoms with Crippen molar-refractivity contribution in [2.45, 2.75) is 94.1 Å². The van der Waals surface area contributed by atoms with Crippen LogP contribution in [-0.4, -0.2) is 68.2 Å². The number of aromatic nitrogens is 3. The zero-order valence-electron chi connectivity index (χ0n) is 21.8. The molecule has 2 fully saturated rings. The Labute approximate surface area is 220 Å². The highest BCUT2D eigenvalue weighted by Gasteiger charge is 2.65. The van der Waals surface area contributed by atoms with Crippen LogP contribution in [0.3, 0.4) is 0 Å². The number of aryl methyl sites for hydroxylation is 1. The summed E-state index contributed by atoms with van der Waals surface area (Å²) >= 11 is 0. The lowest BCUT2D eigenvalue weighted by Crippen LogP contribution is -2.66. The zero-order valence-corrected chi connectivity index (χ0v) is 22.6. The van der Waals surface area contributed by atoms with Crippen molar-refractivity contribution in [1.82, 2.24) is 23.6 Å². The van der Waals surface area contributed by atoms with Crippen molar-refractivity contribution in [2.24, 2.45) is 0 Å². The molecular weight excluding hydrogens is 514 g/mol. The lowest BCUT2D eigenvalue weighted by molar-refractivity contribution is -0.159. The summed E-state index contributed by atoms with van der Waals surface area (Å²) in [6.07, 6.45) is 4.35. The topological polar surface area (TPSA) is 145 Å². The fraction of sp³-hybridized carbons (Fsp3) is 0.640. The summed E-state index contributed by atoms with van der Waals surface area (Å²) in [6, 6.07) is 6.28. The Morgan fingerprint density at radius 1 is 1.03 bits per heavy atom. The highest BCUT2D eigenvalue weighted by Crippen LogP contribution is 2.42. The van der Waals surface area contributed by atoms with Crippen LogP contribution in [0.4, 0.5) is 4.79 Å². The van der Waals surface area contributed by atoms with Crippen molar-refractivity contribution in [3.8, 4) is 0 Å². The van der Waals surface area contributed by atoms with E-state index in [0.717, 1.165) is 51.2 Å². The maximum atomic E-state index is 13.5. The fourth-order valence-corrected chi connectivity index (χ4v) is 6.90. The molecule has 1 saturated heterocycles. The van der Waals surface area contributed by atoms with Crippen LogP contribution in [0.15, 0.2) is 38.8 Å². The molecular formula is C25H35N5O7S. The molecule has 13 heteroatoms. The summed E-state index contributed by atoms with van der Waals surface area (Å²) in [7, 11) is -4.07. The quantitative estimate of drug-likeness (QED) is 0.440. The van der Waals surface area contributed by atoms with E-state index in [-0.39, 0.29) is 37.1 Å². The molecule has 1 saturated carbocycles. The maximum absolute atomic E-state index is 13.5. The van der Waals surface area contributed by atoms with E-state index >= 15 is 0 Å².